The van der Waals surface area contributed by atoms with E-state index in [1.54, 1.807) is 18.2 Å². The van der Waals surface area contributed by atoms with Crippen molar-refractivity contribution >= 4 is 15.9 Å². The summed E-state index contributed by atoms with van der Waals surface area (Å²) < 4.78 is 38.6. The Kier molecular flexibility index (Phi) is 6.57. The van der Waals surface area contributed by atoms with E-state index >= 15 is 0 Å². The molecule has 1 N–H and O–H groups in total. The van der Waals surface area contributed by atoms with Crippen LogP contribution in [0.3, 0.4) is 0 Å². The van der Waals surface area contributed by atoms with E-state index in [1.807, 2.05) is 19.9 Å². The van der Waals surface area contributed by atoms with E-state index < -0.39 is 15.4 Å². The molecular weight excluding hydrogens is 405 g/mol. The molecule has 3 rings (SSSR count). The molecular formula is C22H28FN3O3S. The van der Waals surface area contributed by atoms with Crippen LogP contribution < -0.4 is 5.32 Å². The summed E-state index contributed by atoms with van der Waals surface area (Å²) >= 11 is 0. The molecule has 1 fully saturated rings. The van der Waals surface area contributed by atoms with Gasteiger partial charge in [0.25, 0.3) is 5.91 Å². The highest BCUT2D eigenvalue weighted by Gasteiger charge is 2.28. The lowest BCUT2D eigenvalue weighted by atomic mass is 9.84. The van der Waals surface area contributed by atoms with E-state index in [9.17, 15) is 17.6 Å². The number of piperidine rings is 1. The number of carbonyl (C=O) groups excluding carboxylic acids is 1. The first kappa shape index (κ1) is 22.4. The number of rotatable bonds is 6. The van der Waals surface area contributed by atoms with Gasteiger partial charge in [0.05, 0.1) is 11.8 Å². The van der Waals surface area contributed by atoms with E-state index in [4.69, 9.17) is 0 Å². The van der Waals surface area contributed by atoms with Crippen LogP contribution in [0.5, 0.6) is 0 Å². The van der Waals surface area contributed by atoms with Crippen molar-refractivity contribution in [1.82, 2.24) is 14.6 Å². The quantitative estimate of drug-likeness (QED) is 0.759. The van der Waals surface area contributed by atoms with Crippen molar-refractivity contribution in [3.63, 3.8) is 0 Å². The van der Waals surface area contributed by atoms with Crippen molar-refractivity contribution < 1.29 is 17.6 Å². The number of hydrogen-bond donors (Lipinski definition) is 1. The molecule has 0 aliphatic carbocycles. The van der Waals surface area contributed by atoms with Gasteiger partial charge in [0.15, 0.2) is 0 Å². The summed E-state index contributed by atoms with van der Waals surface area (Å²) in [5, 5.41) is 2.89. The molecule has 162 valence electrons. The number of halogens is 1. The average Bonchev–Trinajstić information content (AvgIpc) is 2.72. The smallest absolute Gasteiger partial charge is 0.252 e. The first-order valence-electron chi connectivity index (χ1n) is 10.0. The predicted octanol–water partition coefficient (Wildman–Crippen LogP) is 3.07. The van der Waals surface area contributed by atoms with E-state index in [-0.39, 0.29) is 17.6 Å². The monoisotopic (exact) mass is 433 g/mol. The zero-order valence-corrected chi connectivity index (χ0v) is 18.4. The Morgan fingerprint density at radius 2 is 2.07 bits per heavy atom. The summed E-state index contributed by atoms with van der Waals surface area (Å²) in [6, 6.07) is 9.89. The molecule has 0 bridgehead atoms. The Bertz CT molecular complexity index is 1010. The van der Waals surface area contributed by atoms with Gasteiger partial charge in [-0.15, -0.1) is 0 Å². The van der Waals surface area contributed by atoms with Gasteiger partial charge >= 0.3 is 0 Å². The molecule has 8 heteroatoms. The molecule has 1 saturated heterocycles. The van der Waals surface area contributed by atoms with Gasteiger partial charge in [-0.05, 0) is 42.7 Å². The average molecular weight is 434 g/mol. The van der Waals surface area contributed by atoms with Crippen molar-refractivity contribution in [3.8, 4) is 0 Å². The van der Waals surface area contributed by atoms with Crippen LogP contribution in [0.15, 0.2) is 42.6 Å². The van der Waals surface area contributed by atoms with Crippen LogP contribution in [0, 0.1) is 5.82 Å². The summed E-state index contributed by atoms with van der Waals surface area (Å²) in [6.45, 7) is 5.19. The third kappa shape index (κ3) is 5.43. The normalized spacial score (nSPS) is 18.2. The molecule has 30 heavy (non-hydrogen) atoms. The molecule has 6 nitrogen and oxygen atoms in total. The van der Waals surface area contributed by atoms with Crippen LogP contribution in [0.1, 0.15) is 54.2 Å². The Morgan fingerprint density at radius 1 is 1.30 bits per heavy atom. The number of pyridine rings is 1. The van der Waals surface area contributed by atoms with Crippen LogP contribution >= 0.6 is 0 Å². The van der Waals surface area contributed by atoms with Gasteiger partial charge in [-0.3, -0.25) is 9.78 Å². The lowest BCUT2D eigenvalue weighted by molar-refractivity contribution is 0.0945. The van der Waals surface area contributed by atoms with Gasteiger partial charge in [0, 0.05) is 42.9 Å². The van der Waals surface area contributed by atoms with Crippen LogP contribution in [0.4, 0.5) is 4.39 Å². The fourth-order valence-electron chi connectivity index (χ4n) is 3.68. The van der Waals surface area contributed by atoms with Crippen LogP contribution in [-0.4, -0.2) is 49.5 Å². The lowest BCUT2D eigenvalue weighted by Crippen LogP contribution is -2.38. The lowest BCUT2D eigenvalue weighted by Gasteiger charge is -2.30. The Labute approximate surface area is 177 Å². The van der Waals surface area contributed by atoms with Gasteiger partial charge in [-0.1, -0.05) is 26.0 Å². The molecule has 2 aromatic rings. The molecule has 1 atom stereocenters. The maximum Gasteiger partial charge on any atom is 0.252 e. The first-order chi connectivity index (χ1) is 14.1. The zero-order valence-electron chi connectivity index (χ0n) is 17.6. The zero-order chi connectivity index (χ0) is 21.9. The minimum atomic E-state index is -3.22. The molecule has 1 aliphatic heterocycles. The molecule has 1 unspecified atom stereocenters. The molecule has 0 radical (unpaired) electrons. The SMILES string of the molecule is CC(C)(CNC(=O)c1ccc(C2CCCN(S(C)(=O)=O)C2)nc1)c1cccc(F)c1. The Morgan fingerprint density at radius 3 is 2.70 bits per heavy atom. The number of aromatic nitrogens is 1. The topological polar surface area (TPSA) is 79.4 Å². The first-order valence-corrected chi connectivity index (χ1v) is 11.9. The summed E-state index contributed by atoms with van der Waals surface area (Å²) in [6.07, 6.45) is 4.41. The molecule has 2 heterocycles. The standard InChI is InChI=1S/C22H28FN3O3S/c1-22(2,18-7-4-8-19(23)12-18)15-25-21(27)16-9-10-20(24-13-16)17-6-5-11-26(14-17)30(3,28)29/h4,7-10,12-13,17H,5-6,11,14-15H2,1-3H3,(H,25,27). The van der Waals surface area contributed by atoms with Gasteiger partial charge in [0.1, 0.15) is 5.82 Å². The number of benzene rings is 1. The maximum atomic E-state index is 13.5. The minimum absolute atomic E-state index is 0.0255. The minimum Gasteiger partial charge on any atom is -0.351 e. The highest BCUT2D eigenvalue weighted by atomic mass is 32.2. The van der Waals surface area contributed by atoms with Crippen LogP contribution in [-0.2, 0) is 15.4 Å². The largest absolute Gasteiger partial charge is 0.351 e. The van der Waals surface area contributed by atoms with E-state index in [2.05, 4.69) is 10.3 Å². The van der Waals surface area contributed by atoms with Crippen molar-refractivity contribution in [1.29, 1.82) is 0 Å². The van der Waals surface area contributed by atoms with Gasteiger partial charge in [0.2, 0.25) is 10.0 Å². The number of amides is 1. The summed E-state index contributed by atoms with van der Waals surface area (Å²) in [4.78, 5) is 17.0. The van der Waals surface area contributed by atoms with E-state index in [0.29, 0.717) is 25.2 Å². The summed E-state index contributed by atoms with van der Waals surface area (Å²) in [7, 11) is -3.22. The molecule has 0 saturated carbocycles. The number of sulfonamides is 1. The van der Waals surface area contributed by atoms with Crippen molar-refractivity contribution in [2.75, 3.05) is 25.9 Å². The fraction of sp³-hybridized carbons (Fsp3) is 0.455. The molecule has 1 aliphatic rings. The fourth-order valence-corrected chi connectivity index (χ4v) is 4.59. The van der Waals surface area contributed by atoms with Gasteiger partial charge in [-0.2, -0.15) is 0 Å². The second-order valence-electron chi connectivity index (χ2n) is 8.51. The molecule has 1 aromatic heterocycles. The third-order valence-electron chi connectivity index (χ3n) is 5.62. The maximum absolute atomic E-state index is 13.5. The van der Waals surface area contributed by atoms with Gasteiger partial charge < -0.3 is 5.32 Å². The molecule has 1 amide bonds. The van der Waals surface area contributed by atoms with Crippen LogP contribution in [0.25, 0.3) is 0 Å². The second-order valence-corrected chi connectivity index (χ2v) is 10.5. The predicted molar refractivity (Wildman–Crippen MR) is 114 cm³/mol. The Hall–Kier alpha value is -2.32. The second kappa shape index (κ2) is 8.81. The number of nitrogens with one attached hydrogen (secondary N) is 1. The third-order valence-corrected chi connectivity index (χ3v) is 6.89. The summed E-state index contributed by atoms with van der Waals surface area (Å²) in [5.41, 5.74) is 1.61. The van der Waals surface area contributed by atoms with E-state index in [1.165, 1.54) is 28.9 Å². The number of carbonyl (C=O) groups is 1. The Balaban J connectivity index is 1.62. The highest BCUT2D eigenvalue weighted by Crippen LogP contribution is 2.27. The van der Waals surface area contributed by atoms with Crippen molar-refractivity contribution in [2.24, 2.45) is 0 Å². The van der Waals surface area contributed by atoms with Gasteiger partial charge in [-0.25, -0.2) is 17.1 Å². The summed E-state index contributed by atoms with van der Waals surface area (Å²) in [5.74, 6) is -0.527. The van der Waals surface area contributed by atoms with E-state index in [0.717, 1.165) is 24.1 Å². The van der Waals surface area contributed by atoms with Crippen molar-refractivity contribution in [3.05, 3.63) is 65.2 Å². The molecule has 0 spiro atoms. The number of nitrogens with zero attached hydrogens (tertiary/aromatic N) is 2. The van der Waals surface area contributed by atoms with Crippen LogP contribution in [0.2, 0.25) is 0 Å². The number of hydrogen-bond acceptors (Lipinski definition) is 4. The molecule has 1 aromatic carbocycles. The highest BCUT2D eigenvalue weighted by molar-refractivity contribution is 7.88. The van der Waals surface area contributed by atoms with Crippen molar-refractivity contribution in [2.45, 2.75) is 38.0 Å².